The van der Waals surface area contributed by atoms with Crippen LogP contribution in [0.2, 0.25) is 0 Å². The van der Waals surface area contributed by atoms with E-state index in [1.807, 2.05) is 0 Å². The zero-order chi connectivity index (χ0) is 65.5. The minimum absolute atomic E-state index is 0.00486. The summed E-state index contributed by atoms with van der Waals surface area (Å²) in [7, 11) is 0. The molecule has 7 aromatic rings. The molecule has 3 nitrogen and oxygen atoms in total. The Morgan fingerprint density at radius 1 is 0.308 bits per heavy atom. The van der Waals surface area contributed by atoms with Gasteiger partial charge < -0.3 is 14.7 Å². The highest BCUT2D eigenvalue weighted by Crippen LogP contribution is 2.58. The predicted octanol–water partition coefficient (Wildman–Crippen LogP) is 22.6. The second-order valence-electron chi connectivity index (χ2n) is 38.0. The van der Waals surface area contributed by atoms with Gasteiger partial charge in [-0.1, -0.05) is 202 Å². The van der Waals surface area contributed by atoms with Gasteiger partial charge in [-0.3, -0.25) is 0 Å². The van der Waals surface area contributed by atoms with Crippen LogP contribution in [0.15, 0.2) is 109 Å². The summed E-state index contributed by atoms with van der Waals surface area (Å²) in [6, 6.07) is 46.9. The first-order chi connectivity index (χ1) is 42.1. The molecule has 476 valence electrons. The van der Waals surface area contributed by atoms with Crippen LogP contribution in [0.25, 0.3) is 0 Å². The number of nitrogens with zero attached hydrogens (tertiary/aromatic N) is 3. The first kappa shape index (κ1) is 62.5. The van der Waals surface area contributed by atoms with Gasteiger partial charge in [0.2, 0.25) is 0 Å². The molecule has 2 aliphatic heterocycles. The first-order valence-electron chi connectivity index (χ1n) is 35.6. The number of benzene rings is 7. The minimum atomic E-state index is -0.0389. The van der Waals surface area contributed by atoms with Gasteiger partial charge in [0.25, 0.3) is 6.71 Å². The zero-order valence-corrected chi connectivity index (χ0v) is 60.9. The number of hydrogen-bond donors (Lipinski definition) is 0. The Bertz CT molecular complexity index is 4130. The molecular weight excluding hydrogens is 1100 g/mol. The zero-order valence-electron chi connectivity index (χ0n) is 60.9. The number of rotatable bonds is 5. The lowest BCUT2D eigenvalue weighted by atomic mass is 9.32. The summed E-state index contributed by atoms with van der Waals surface area (Å²) >= 11 is 0. The fourth-order valence-corrected chi connectivity index (χ4v) is 18.7. The first-order valence-corrected chi connectivity index (χ1v) is 35.6. The monoisotopic (exact) mass is 1210 g/mol. The average molecular weight is 1210 g/mol. The lowest BCUT2D eigenvalue weighted by Crippen LogP contribution is -2.62. The summed E-state index contributed by atoms with van der Waals surface area (Å²) in [5.74, 6) is 0. The smallest absolute Gasteiger partial charge is 0.252 e. The molecule has 7 aromatic carbocycles. The molecule has 14 rings (SSSR count). The molecule has 91 heavy (non-hydrogen) atoms. The van der Waals surface area contributed by atoms with E-state index in [1.165, 1.54) is 154 Å². The van der Waals surface area contributed by atoms with E-state index in [9.17, 15) is 0 Å². The molecule has 0 radical (unpaired) electrons. The van der Waals surface area contributed by atoms with Crippen molar-refractivity contribution in [3.8, 4) is 0 Å². The van der Waals surface area contributed by atoms with Crippen molar-refractivity contribution in [2.75, 3.05) is 14.7 Å². The molecule has 0 aromatic heterocycles. The highest BCUT2D eigenvalue weighted by atomic mass is 15.2. The molecule has 0 fully saturated rings. The van der Waals surface area contributed by atoms with Crippen molar-refractivity contribution in [2.24, 2.45) is 0 Å². The third-order valence-corrected chi connectivity index (χ3v) is 25.8. The molecule has 0 saturated carbocycles. The molecular formula is C87H110BN3. The normalized spacial score (nSPS) is 22.2. The van der Waals surface area contributed by atoms with Crippen molar-refractivity contribution in [3.05, 3.63) is 176 Å². The SMILES string of the molecule is Cc1cc(C(C)(C)C)ccc1N1c2cc3c(cc2B2c4cc5c(cc4N(c4ccc6c(c4)C(C)(C)CCC6(C)C)c4cc(N(c6ccc7c(c6)C(C)(C)CCC7(C)C)c6ccc7c(c6)C(C)(C)CCC7(C)C)cc1c42)C(C)(C)CCC5(C)C)C(C)(C)CCC3(C)C. The topological polar surface area (TPSA) is 9.72 Å². The second kappa shape index (κ2) is 19.6. The van der Waals surface area contributed by atoms with E-state index >= 15 is 0 Å². The Kier molecular flexibility index (Phi) is 13.4. The molecule has 0 bridgehead atoms. The van der Waals surface area contributed by atoms with Crippen LogP contribution < -0.4 is 31.1 Å². The Morgan fingerprint density at radius 3 is 1.02 bits per heavy atom. The minimum Gasteiger partial charge on any atom is -0.311 e. The van der Waals surface area contributed by atoms with Crippen LogP contribution >= 0.6 is 0 Å². The van der Waals surface area contributed by atoms with Crippen LogP contribution in [0, 0.1) is 6.92 Å². The van der Waals surface area contributed by atoms with Crippen LogP contribution in [0.1, 0.15) is 290 Å². The summed E-state index contributed by atoms with van der Waals surface area (Å²) in [5.41, 5.74) is 33.6. The van der Waals surface area contributed by atoms with Crippen molar-refractivity contribution >= 4 is 74.3 Å². The predicted molar refractivity (Wildman–Crippen MR) is 395 cm³/mol. The molecule has 4 heteroatoms. The highest BCUT2D eigenvalue weighted by Gasteiger charge is 2.51. The molecule has 0 N–H and O–H groups in total. The lowest BCUT2D eigenvalue weighted by molar-refractivity contribution is 0.332. The van der Waals surface area contributed by atoms with E-state index in [1.54, 1.807) is 0 Å². The van der Waals surface area contributed by atoms with Crippen LogP contribution in [-0.2, 0) is 59.6 Å². The second-order valence-corrected chi connectivity index (χ2v) is 38.0. The van der Waals surface area contributed by atoms with E-state index in [0.29, 0.717) is 0 Å². The largest absolute Gasteiger partial charge is 0.311 e. The fraction of sp³-hybridized carbons (Fsp3) is 0.517. The van der Waals surface area contributed by atoms with Crippen molar-refractivity contribution < 1.29 is 0 Å². The number of anilines is 9. The molecule has 5 aliphatic carbocycles. The highest BCUT2D eigenvalue weighted by molar-refractivity contribution is 7.00. The van der Waals surface area contributed by atoms with Gasteiger partial charge in [0, 0.05) is 45.5 Å². The summed E-state index contributed by atoms with van der Waals surface area (Å²) in [5, 5.41) is 0. The molecule has 0 saturated heterocycles. The molecule has 0 spiro atoms. The standard InChI is InChI=1S/C87H110BN3/c1-53-43-54(77(2,3)4)25-32-71(53)91-73-52-68-66(85(19,20)40-42-87(68,23)24)50-70(73)88-69-49-65-67(86(21,22)41-39-84(65,17)18)51-72(69)90(57-28-31-61-64(46-57)83(15,16)38-35-80(61,9)10)74-47-58(48-75(91)76(74)88)89(55-26-29-59-62(44-55)81(11,12)36-33-78(59,5)6)56-27-30-60-63(45-56)82(13,14)37-34-79(60,7)8/h25-32,43-52H,33-42H2,1-24H3. The number of aryl methyl sites for hydroxylation is 1. The van der Waals surface area contributed by atoms with Crippen molar-refractivity contribution in [1.29, 1.82) is 0 Å². The molecule has 2 heterocycles. The van der Waals surface area contributed by atoms with Gasteiger partial charge >= 0.3 is 0 Å². The third-order valence-electron chi connectivity index (χ3n) is 25.8. The number of hydrogen-bond acceptors (Lipinski definition) is 3. The molecule has 0 unspecified atom stereocenters. The Labute approximate surface area is 551 Å². The van der Waals surface area contributed by atoms with Crippen LogP contribution in [0.3, 0.4) is 0 Å². The van der Waals surface area contributed by atoms with Crippen molar-refractivity contribution in [1.82, 2.24) is 0 Å². The van der Waals surface area contributed by atoms with E-state index in [2.05, 4.69) is 290 Å². The van der Waals surface area contributed by atoms with Crippen LogP contribution in [0.4, 0.5) is 51.2 Å². The van der Waals surface area contributed by atoms with E-state index < -0.39 is 0 Å². The molecule has 0 atom stereocenters. The van der Waals surface area contributed by atoms with Crippen LogP contribution in [0.5, 0.6) is 0 Å². The summed E-state index contributed by atoms with van der Waals surface area (Å²) in [6.45, 7) is 59.7. The maximum atomic E-state index is 2.81. The molecule has 0 amide bonds. The Balaban J connectivity index is 1.17. The van der Waals surface area contributed by atoms with Gasteiger partial charge in [-0.15, -0.1) is 0 Å². The van der Waals surface area contributed by atoms with Gasteiger partial charge in [0.1, 0.15) is 0 Å². The van der Waals surface area contributed by atoms with Gasteiger partial charge in [-0.05, 0) is 281 Å². The van der Waals surface area contributed by atoms with Gasteiger partial charge in [0.15, 0.2) is 0 Å². The molecule has 7 aliphatic rings. The maximum absolute atomic E-state index is 2.81. The van der Waals surface area contributed by atoms with Gasteiger partial charge in [-0.25, -0.2) is 0 Å². The lowest BCUT2D eigenvalue weighted by Gasteiger charge is -2.49. The van der Waals surface area contributed by atoms with E-state index in [-0.39, 0.29) is 66.3 Å². The Morgan fingerprint density at radius 2 is 0.637 bits per heavy atom. The quantitative estimate of drug-likeness (QED) is 0.159. The average Bonchev–Trinajstić information content (AvgIpc) is 0.683. The van der Waals surface area contributed by atoms with Gasteiger partial charge in [0.05, 0.1) is 5.69 Å². The van der Waals surface area contributed by atoms with E-state index in [4.69, 9.17) is 0 Å². The summed E-state index contributed by atoms with van der Waals surface area (Å²) in [6.07, 6.45) is 11.6. The van der Waals surface area contributed by atoms with Gasteiger partial charge in [-0.2, -0.15) is 0 Å². The maximum Gasteiger partial charge on any atom is 0.252 e. The van der Waals surface area contributed by atoms with Crippen molar-refractivity contribution in [2.45, 2.75) is 290 Å². The summed E-state index contributed by atoms with van der Waals surface area (Å²) in [4.78, 5) is 8.31. The van der Waals surface area contributed by atoms with E-state index in [0.717, 1.165) is 44.9 Å². The summed E-state index contributed by atoms with van der Waals surface area (Å²) < 4.78 is 0. The van der Waals surface area contributed by atoms with Crippen molar-refractivity contribution in [3.63, 3.8) is 0 Å². The fourth-order valence-electron chi connectivity index (χ4n) is 18.7. The third kappa shape index (κ3) is 9.57. The Hall–Kier alpha value is -6.00. The van der Waals surface area contributed by atoms with Crippen LogP contribution in [-0.4, -0.2) is 6.71 Å². The number of fused-ring (bicyclic) bond motifs is 9.